The van der Waals surface area contributed by atoms with Gasteiger partial charge in [-0.3, -0.25) is 14.5 Å². The number of hydrogen-bond donors (Lipinski definition) is 3. The number of nitrogens with one attached hydrogen (secondary N) is 2. The SMILES string of the molecule is COc1cc(Nc2nc3ccccc3nc2NS(=O)(=O)c2cccc(N(CC(N)=O)Cc3ccccn3)c2)cc(OC)c1. The van der Waals surface area contributed by atoms with Crippen LogP contribution in [0, 0.1) is 0 Å². The molecule has 0 saturated carbocycles. The van der Waals surface area contributed by atoms with Crippen LogP contribution in [0.4, 0.5) is 23.0 Å². The van der Waals surface area contributed by atoms with Crippen molar-refractivity contribution in [2.45, 2.75) is 11.4 Å². The summed E-state index contributed by atoms with van der Waals surface area (Å²) >= 11 is 0. The van der Waals surface area contributed by atoms with Gasteiger partial charge in [-0.25, -0.2) is 18.4 Å². The van der Waals surface area contributed by atoms with Crippen molar-refractivity contribution in [3.05, 3.63) is 96.8 Å². The highest BCUT2D eigenvalue weighted by molar-refractivity contribution is 7.92. The van der Waals surface area contributed by atoms with E-state index in [0.29, 0.717) is 39.6 Å². The molecule has 0 aliphatic heterocycles. The number of benzene rings is 3. The standard InChI is InChI=1S/C30H29N7O5S/c1-41-23-14-21(15-24(17-23)42-2)33-29-30(35-27-12-4-3-11-26(27)34-29)36-43(39,40)25-10-7-9-22(16-25)37(19-28(31)38)18-20-8-5-6-13-32-20/h3-17H,18-19H2,1-2H3,(H2,31,38)(H,33,34)(H,35,36). The lowest BCUT2D eigenvalue weighted by Gasteiger charge is -2.23. The second-order valence-electron chi connectivity index (χ2n) is 9.38. The van der Waals surface area contributed by atoms with E-state index in [2.05, 4.69) is 25.0 Å². The zero-order valence-corrected chi connectivity index (χ0v) is 24.2. The van der Waals surface area contributed by atoms with Crippen LogP contribution in [0.25, 0.3) is 11.0 Å². The fraction of sp³-hybridized carbons (Fsp3) is 0.133. The molecule has 0 atom stereocenters. The van der Waals surface area contributed by atoms with Gasteiger partial charge in [0, 0.05) is 35.8 Å². The minimum Gasteiger partial charge on any atom is -0.497 e. The Labute approximate surface area is 248 Å². The topological polar surface area (TPSA) is 162 Å². The average Bonchev–Trinajstić information content (AvgIpc) is 3.01. The summed E-state index contributed by atoms with van der Waals surface area (Å²) < 4.78 is 40.8. The van der Waals surface area contributed by atoms with E-state index in [1.807, 2.05) is 12.1 Å². The summed E-state index contributed by atoms with van der Waals surface area (Å²) in [5.41, 5.74) is 8.25. The number of carbonyl (C=O) groups is 1. The summed E-state index contributed by atoms with van der Waals surface area (Å²) in [4.78, 5) is 27.0. The lowest BCUT2D eigenvalue weighted by Crippen LogP contribution is -2.33. The maximum atomic E-state index is 13.7. The summed E-state index contributed by atoms with van der Waals surface area (Å²) in [6.07, 6.45) is 1.64. The van der Waals surface area contributed by atoms with Gasteiger partial charge in [-0.1, -0.05) is 24.3 Å². The highest BCUT2D eigenvalue weighted by Gasteiger charge is 2.21. The lowest BCUT2D eigenvalue weighted by atomic mass is 10.2. The van der Waals surface area contributed by atoms with E-state index >= 15 is 0 Å². The molecular weight excluding hydrogens is 570 g/mol. The summed E-state index contributed by atoms with van der Waals surface area (Å²) in [5.74, 6) is 0.632. The van der Waals surface area contributed by atoms with Crippen LogP contribution in [0.3, 0.4) is 0 Å². The minimum absolute atomic E-state index is 0.0200. The number of sulfonamides is 1. The molecule has 0 spiro atoms. The Kier molecular flexibility index (Phi) is 8.53. The Morgan fingerprint density at radius 2 is 1.53 bits per heavy atom. The van der Waals surface area contributed by atoms with Crippen LogP contribution in [0.1, 0.15) is 5.69 Å². The van der Waals surface area contributed by atoms with Crippen molar-refractivity contribution < 1.29 is 22.7 Å². The summed E-state index contributed by atoms with van der Waals surface area (Å²) in [6.45, 7) is 0.108. The summed E-state index contributed by atoms with van der Waals surface area (Å²) in [6, 6.07) is 23.9. The summed E-state index contributed by atoms with van der Waals surface area (Å²) in [7, 11) is -1.12. The number of nitrogens with two attached hydrogens (primary N) is 1. The van der Waals surface area contributed by atoms with Crippen LogP contribution in [0.2, 0.25) is 0 Å². The van der Waals surface area contributed by atoms with Crippen LogP contribution < -0.4 is 30.1 Å². The predicted molar refractivity (Wildman–Crippen MR) is 164 cm³/mol. The number of nitrogens with zero attached hydrogens (tertiary/aromatic N) is 4. The molecule has 0 saturated heterocycles. The number of carbonyl (C=O) groups excluding carboxylic acids is 1. The first-order valence-electron chi connectivity index (χ1n) is 13.1. The number of methoxy groups -OCH3 is 2. The largest absolute Gasteiger partial charge is 0.497 e. The van der Waals surface area contributed by atoms with Crippen LogP contribution in [-0.4, -0.2) is 50.0 Å². The molecule has 13 heteroatoms. The van der Waals surface area contributed by atoms with Crippen LogP contribution in [-0.2, 0) is 21.4 Å². The highest BCUT2D eigenvalue weighted by Crippen LogP contribution is 2.32. The third-order valence-corrected chi connectivity index (χ3v) is 7.67. The first kappa shape index (κ1) is 29.1. The van der Waals surface area contributed by atoms with E-state index in [4.69, 9.17) is 15.2 Å². The molecule has 4 N–H and O–H groups in total. The molecule has 0 bridgehead atoms. The summed E-state index contributed by atoms with van der Waals surface area (Å²) in [5, 5.41) is 3.14. The Morgan fingerprint density at radius 3 is 2.16 bits per heavy atom. The fourth-order valence-electron chi connectivity index (χ4n) is 4.32. The number of hydrogen-bond acceptors (Lipinski definition) is 10. The second kappa shape index (κ2) is 12.6. The molecule has 12 nitrogen and oxygen atoms in total. The number of ether oxygens (including phenoxy) is 2. The molecule has 2 aromatic heterocycles. The van der Waals surface area contributed by atoms with E-state index in [1.165, 1.54) is 26.4 Å². The molecule has 0 aliphatic rings. The Balaban J connectivity index is 1.50. The number of pyridine rings is 1. The van der Waals surface area contributed by atoms with Gasteiger partial charge in [0.25, 0.3) is 10.0 Å². The normalized spacial score (nSPS) is 11.1. The molecule has 5 rings (SSSR count). The van der Waals surface area contributed by atoms with Gasteiger partial charge < -0.3 is 25.4 Å². The van der Waals surface area contributed by atoms with E-state index in [0.717, 1.165) is 0 Å². The van der Waals surface area contributed by atoms with Crippen molar-refractivity contribution in [3.8, 4) is 11.5 Å². The smallest absolute Gasteiger partial charge is 0.263 e. The van der Waals surface area contributed by atoms with E-state index in [9.17, 15) is 13.2 Å². The zero-order chi connectivity index (χ0) is 30.4. The van der Waals surface area contributed by atoms with Gasteiger partial charge in [0.1, 0.15) is 11.5 Å². The van der Waals surface area contributed by atoms with Crippen LogP contribution in [0.15, 0.2) is 96.0 Å². The number of primary amides is 1. The van der Waals surface area contributed by atoms with Crippen LogP contribution in [0.5, 0.6) is 11.5 Å². The number of aromatic nitrogens is 3. The van der Waals surface area contributed by atoms with E-state index in [1.54, 1.807) is 71.8 Å². The van der Waals surface area contributed by atoms with Crippen molar-refractivity contribution in [3.63, 3.8) is 0 Å². The van der Waals surface area contributed by atoms with Gasteiger partial charge in [-0.05, 0) is 42.5 Å². The van der Waals surface area contributed by atoms with Gasteiger partial charge >= 0.3 is 0 Å². The minimum atomic E-state index is -4.18. The number of fused-ring (bicyclic) bond motifs is 1. The lowest BCUT2D eigenvalue weighted by molar-refractivity contribution is -0.116. The van der Waals surface area contributed by atoms with Crippen molar-refractivity contribution in [1.82, 2.24) is 15.0 Å². The average molecular weight is 600 g/mol. The maximum Gasteiger partial charge on any atom is 0.263 e. The number of anilines is 4. The Morgan fingerprint density at radius 1 is 0.860 bits per heavy atom. The molecule has 3 aromatic carbocycles. The van der Waals surface area contributed by atoms with Gasteiger partial charge in [-0.2, -0.15) is 0 Å². The third-order valence-electron chi connectivity index (χ3n) is 6.33. The first-order valence-corrected chi connectivity index (χ1v) is 14.6. The monoisotopic (exact) mass is 599 g/mol. The molecule has 0 fully saturated rings. The van der Waals surface area contributed by atoms with Crippen molar-refractivity contribution in [1.29, 1.82) is 0 Å². The number of rotatable bonds is 12. The van der Waals surface area contributed by atoms with Gasteiger partial charge in [-0.15, -0.1) is 0 Å². The van der Waals surface area contributed by atoms with Gasteiger partial charge in [0.15, 0.2) is 11.6 Å². The molecule has 5 aromatic rings. The number of para-hydroxylation sites is 2. The van der Waals surface area contributed by atoms with Crippen molar-refractivity contribution >= 4 is 50.0 Å². The quantitative estimate of drug-likeness (QED) is 0.191. The Hall–Kier alpha value is -5.43. The van der Waals surface area contributed by atoms with E-state index < -0.39 is 15.9 Å². The molecule has 43 heavy (non-hydrogen) atoms. The molecular formula is C30H29N7O5S. The zero-order valence-electron chi connectivity index (χ0n) is 23.4. The van der Waals surface area contributed by atoms with Gasteiger partial charge in [0.05, 0.1) is 48.9 Å². The van der Waals surface area contributed by atoms with E-state index in [-0.39, 0.29) is 29.6 Å². The van der Waals surface area contributed by atoms with Gasteiger partial charge in [0.2, 0.25) is 5.91 Å². The molecule has 0 unspecified atom stereocenters. The highest BCUT2D eigenvalue weighted by atomic mass is 32.2. The second-order valence-corrected chi connectivity index (χ2v) is 11.1. The van der Waals surface area contributed by atoms with Crippen LogP contribution >= 0.6 is 0 Å². The molecule has 1 amide bonds. The maximum absolute atomic E-state index is 13.7. The number of amides is 1. The molecule has 0 aliphatic carbocycles. The van der Waals surface area contributed by atoms with Crippen molar-refractivity contribution in [2.24, 2.45) is 5.73 Å². The fourth-order valence-corrected chi connectivity index (χ4v) is 5.37. The van der Waals surface area contributed by atoms with Crippen molar-refractivity contribution in [2.75, 3.05) is 35.7 Å². The molecule has 2 heterocycles. The molecule has 0 radical (unpaired) electrons. The first-order chi connectivity index (χ1) is 20.7. The third kappa shape index (κ3) is 7.08. The Bertz CT molecular complexity index is 1850. The predicted octanol–water partition coefficient (Wildman–Crippen LogP) is 4.08. The molecule has 220 valence electrons.